The maximum absolute atomic E-state index is 11.9. The van der Waals surface area contributed by atoms with E-state index >= 15 is 0 Å². The summed E-state index contributed by atoms with van der Waals surface area (Å²) in [5, 5.41) is 3.27. The SMILES string of the molecule is COc1ccc(Cl)cc1NC(=O)/C=C\c1ccccc1. The zero-order valence-corrected chi connectivity index (χ0v) is 11.7. The molecule has 2 aromatic carbocycles. The molecule has 0 aromatic heterocycles. The lowest BCUT2D eigenvalue weighted by molar-refractivity contribution is -0.111. The molecule has 0 aliphatic rings. The zero-order valence-electron chi connectivity index (χ0n) is 11.0. The molecule has 0 saturated heterocycles. The Morgan fingerprint density at radius 3 is 2.65 bits per heavy atom. The highest BCUT2D eigenvalue weighted by molar-refractivity contribution is 6.31. The molecule has 1 N–H and O–H groups in total. The summed E-state index contributed by atoms with van der Waals surface area (Å²) in [7, 11) is 1.54. The van der Waals surface area contributed by atoms with Crippen molar-refractivity contribution in [2.75, 3.05) is 12.4 Å². The molecule has 0 unspecified atom stereocenters. The van der Waals surface area contributed by atoms with Crippen molar-refractivity contribution in [1.29, 1.82) is 0 Å². The lowest BCUT2D eigenvalue weighted by Crippen LogP contribution is -2.08. The maximum Gasteiger partial charge on any atom is 0.248 e. The van der Waals surface area contributed by atoms with Gasteiger partial charge in [-0.05, 0) is 29.8 Å². The number of halogens is 1. The van der Waals surface area contributed by atoms with Crippen molar-refractivity contribution in [3.8, 4) is 5.75 Å². The minimum absolute atomic E-state index is 0.241. The maximum atomic E-state index is 11.9. The van der Waals surface area contributed by atoms with Crippen LogP contribution in [0.3, 0.4) is 0 Å². The summed E-state index contributed by atoms with van der Waals surface area (Å²) < 4.78 is 5.17. The molecular formula is C16H14ClNO2. The van der Waals surface area contributed by atoms with Crippen LogP contribution in [0.1, 0.15) is 5.56 Å². The number of rotatable bonds is 4. The zero-order chi connectivity index (χ0) is 14.4. The van der Waals surface area contributed by atoms with Crippen molar-refractivity contribution in [3.05, 3.63) is 65.2 Å². The van der Waals surface area contributed by atoms with Gasteiger partial charge in [-0.25, -0.2) is 0 Å². The first-order valence-electron chi connectivity index (χ1n) is 6.06. The number of amides is 1. The molecule has 0 heterocycles. The molecule has 102 valence electrons. The first-order chi connectivity index (χ1) is 9.69. The Balaban J connectivity index is 2.08. The Hall–Kier alpha value is -2.26. The van der Waals surface area contributed by atoms with Gasteiger partial charge in [-0.15, -0.1) is 0 Å². The van der Waals surface area contributed by atoms with E-state index in [9.17, 15) is 4.79 Å². The van der Waals surface area contributed by atoms with Crippen molar-refractivity contribution in [2.24, 2.45) is 0 Å². The van der Waals surface area contributed by atoms with E-state index in [-0.39, 0.29) is 5.91 Å². The molecule has 0 aliphatic heterocycles. The van der Waals surface area contributed by atoms with Crippen molar-refractivity contribution in [2.45, 2.75) is 0 Å². The van der Waals surface area contributed by atoms with Crippen LogP contribution < -0.4 is 10.1 Å². The van der Waals surface area contributed by atoms with Crippen LogP contribution in [0, 0.1) is 0 Å². The molecular weight excluding hydrogens is 274 g/mol. The second-order valence-corrected chi connectivity index (χ2v) is 4.51. The number of anilines is 1. The average molecular weight is 288 g/mol. The third-order valence-electron chi connectivity index (χ3n) is 2.65. The summed E-state index contributed by atoms with van der Waals surface area (Å²) in [4.78, 5) is 11.9. The fraction of sp³-hybridized carbons (Fsp3) is 0.0625. The topological polar surface area (TPSA) is 38.3 Å². The third-order valence-corrected chi connectivity index (χ3v) is 2.88. The van der Waals surface area contributed by atoms with E-state index in [1.54, 1.807) is 31.4 Å². The molecule has 4 heteroatoms. The first-order valence-corrected chi connectivity index (χ1v) is 6.44. The number of benzene rings is 2. The van der Waals surface area contributed by atoms with Crippen LogP contribution >= 0.6 is 11.6 Å². The minimum Gasteiger partial charge on any atom is -0.495 e. The molecule has 3 nitrogen and oxygen atoms in total. The fourth-order valence-electron chi connectivity index (χ4n) is 1.69. The van der Waals surface area contributed by atoms with Crippen LogP contribution in [0.5, 0.6) is 5.75 Å². The Labute approximate surface area is 122 Å². The van der Waals surface area contributed by atoms with Gasteiger partial charge >= 0.3 is 0 Å². The second-order valence-electron chi connectivity index (χ2n) is 4.08. The highest BCUT2D eigenvalue weighted by Crippen LogP contribution is 2.27. The average Bonchev–Trinajstić information content (AvgIpc) is 2.46. The van der Waals surface area contributed by atoms with Crippen molar-refractivity contribution in [3.63, 3.8) is 0 Å². The molecule has 1 amide bonds. The standard InChI is InChI=1S/C16H14ClNO2/c1-20-15-9-8-13(17)11-14(15)18-16(19)10-7-12-5-3-2-4-6-12/h2-11H,1H3,(H,18,19)/b10-7-. The highest BCUT2D eigenvalue weighted by atomic mass is 35.5. The van der Waals surface area contributed by atoms with Gasteiger partial charge in [0.1, 0.15) is 5.75 Å². The lowest BCUT2D eigenvalue weighted by atomic mass is 10.2. The van der Waals surface area contributed by atoms with Gasteiger partial charge in [0.25, 0.3) is 0 Å². The van der Waals surface area contributed by atoms with Gasteiger partial charge in [0.15, 0.2) is 0 Å². The van der Waals surface area contributed by atoms with E-state index in [1.165, 1.54) is 6.08 Å². The van der Waals surface area contributed by atoms with Crippen LogP contribution in [0.25, 0.3) is 6.08 Å². The van der Waals surface area contributed by atoms with Crippen molar-refractivity contribution in [1.82, 2.24) is 0 Å². The Bertz CT molecular complexity index is 624. The number of methoxy groups -OCH3 is 1. The molecule has 2 rings (SSSR count). The van der Waals surface area contributed by atoms with E-state index in [0.29, 0.717) is 16.5 Å². The Morgan fingerprint density at radius 2 is 1.95 bits per heavy atom. The summed E-state index contributed by atoms with van der Waals surface area (Å²) >= 11 is 5.91. The number of carbonyl (C=O) groups excluding carboxylic acids is 1. The summed E-state index contributed by atoms with van der Waals surface area (Å²) in [6, 6.07) is 14.7. The van der Waals surface area contributed by atoms with E-state index in [0.717, 1.165) is 5.56 Å². The second kappa shape index (κ2) is 6.78. The van der Waals surface area contributed by atoms with Gasteiger partial charge < -0.3 is 10.1 Å². The Kier molecular flexibility index (Phi) is 4.80. The van der Waals surface area contributed by atoms with Crippen LogP contribution in [0.4, 0.5) is 5.69 Å². The summed E-state index contributed by atoms with van der Waals surface area (Å²) in [5.74, 6) is 0.324. The fourth-order valence-corrected chi connectivity index (χ4v) is 1.86. The predicted octanol–water partition coefficient (Wildman–Crippen LogP) is 4.00. The van der Waals surface area contributed by atoms with Crippen LogP contribution in [0.2, 0.25) is 5.02 Å². The molecule has 0 aliphatic carbocycles. The minimum atomic E-state index is -0.241. The van der Waals surface area contributed by atoms with Crippen molar-refractivity contribution < 1.29 is 9.53 Å². The molecule has 0 fully saturated rings. The van der Waals surface area contributed by atoms with E-state index in [1.807, 2.05) is 30.3 Å². The summed E-state index contributed by atoms with van der Waals surface area (Å²) in [5.41, 5.74) is 1.50. The van der Waals surface area contributed by atoms with Crippen LogP contribution in [-0.2, 0) is 4.79 Å². The van der Waals surface area contributed by atoms with Gasteiger partial charge in [0, 0.05) is 11.1 Å². The highest BCUT2D eigenvalue weighted by Gasteiger charge is 2.06. The summed E-state index contributed by atoms with van der Waals surface area (Å²) in [6.07, 6.45) is 3.21. The summed E-state index contributed by atoms with van der Waals surface area (Å²) in [6.45, 7) is 0. The normalized spacial score (nSPS) is 10.5. The first kappa shape index (κ1) is 14.2. The number of ether oxygens (including phenoxy) is 1. The van der Waals surface area contributed by atoms with Gasteiger partial charge in [-0.2, -0.15) is 0 Å². The Morgan fingerprint density at radius 1 is 1.20 bits per heavy atom. The molecule has 20 heavy (non-hydrogen) atoms. The molecule has 0 radical (unpaired) electrons. The monoisotopic (exact) mass is 287 g/mol. The quantitative estimate of drug-likeness (QED) is 0.863. The third kappa shape index (κ3) is 3.87. The predicted molar refractivity (Wildman–Crippen MR) is 82.1 cm³/mol. The van der Waals surface area contributed by atoms with Gasteiger partial charge in [-0.1, -0.05) is 41.9 Å². The molecule has 0 bridgehead atoms. The molecule has 0 spiro atoms. The lowest BCUT2D eigenvalue weighted by Gasteiger charge is -2.08. The van der Waals surface area contributed by atoms with Crippen LogP contribution in [0.15, 0.2) is 54.6 Å². The molecule has 2 aromatic rings. The number of hydrogen-bond donors (Lipinski definition) is 1. The van der Waals surface area contributed by atoms with Gasteiger partial charge in [-0.3, -0.25) is 4.79 Å². The number of nitrogens with one attached hydrogen (secondary N) is 1. The largest absolute Gasteiger partial charge is 0.495 e. The van der Waals surface area contributed by atoms with E-state index < -0.39 is 0 Å². The molecule has 0 saturated carbocycles. The van der Waals surface area contributed by atoms with Gasteiger partial charge in [0.05, 0.1) is 12.8 Å². The van der Waals surface area contributed by atoms with E-state index in [2.05, 4.69) is 5.32 Å². The van der Waals surface area contributed by atoms with E-state index in [4.69, 9.17) is 16.3 Å². The van der Waals surface area contributed by atoms with Crippen LogP contribution in [-0.4, -0.2) is 13.0 Å². The van der Waals surface area contributed by atoms with Gasteiger partial charge in [0.2, 0.25) is 5.91 Å². The molecule has 0 atom stereocenters. The smallest absolute Gasteiger partial charge is 0.248 e. The van der Waals surface area contributed by atoms with Crippen molar-refractivity contribution >= 4 is 29.3 Å². The number of carbonyl (C=O) groups is 1. The number of hydrogen-bond acceptors (Lipinski definition) is 2.